The second kappa shape index (κ2) is 5.89. The Morgan fingerprint density at radius 1 is 1.21 bits per heavy atom. The standard InChI is InChI=1S/C15H15N3O/c16-9-11-6-7-13(17)14(8-11)18-10-15(19)12-4-2-1-3-5-12/h1-8,15,18-19H,10,17H2. The minimum Gasteiger partial charge on any atom is -0.397 e. The van der Waals surface area contributed by atoms with Crippen LogP contribution in [0.2, 0.25) is 0 Å². The van der Waals surface area contributed by atoms with Gasteiger partial charge in [0.05, 0.1) is 29.1 Å². The number of anilines is 2. The van der Waals surface area contributed by atoms with E-state index in [9.17, 15) is 5.11 Å². The van der Waals surface area contributed by atoms with E-state index in [0.717, 1.165) is 5.56 Å². The van der Waals surface area contributed by atoms with Crippen molar-refractivity contribution in [3.8, 4) is 6.07 Å². The Labute approximate surface area is 112 Å². The quantitative estimate of drug-likeness (QED) is 0.730. The molecule has 4 N–H and O–H groups in total. The minimum absolute atomic E-state index is 0.336. The Kier molecular flexibility index (Phi) is 4.01. The molecular formula is C15H15N3O. The van der Waals surface area contributed by atoms with E-state index in [2.05, 4.69) is 11.4 Å². The Balaban J connectivity index is 2.05. The van der Waals surface area contributed by atoms with Crippen molar-refractivity contribution in [2.45, 2.75) is 6.10 Å². The molecule has 0 fully saturated rings. The van der Waals surface area contributed by atoms with Crippen LogP contribution in [0, 0.1) is 11.3 Å². The van der Waals surface area contributed by atoms with Crippen molar-refractivity contribution in [1.82, 2.24) is 0 Å². The SMILES string of the molecule is N#Cc1ccc(N)c(NCC(O)c2ccccc2)c1. The summed E-state index contributed by atoms with van der Waals surface area (Å²) in [5.74, 6) is 0. The number of hydrogen-bond acceptors (Lipinski definition) is 4. The third kappa shape index (κ3) is 3.24. The molecule has 0 saturated carbocycles. The average Bonchev–Trinajstić information content (AvgIpc) is 2.47. The largest absolute Gasteiger partial charge is 0.397 e. The summed E-state index contributed by atoms with van der Waals surface area (Å²) in [6.45, 7) is 0.336. The van der Waals surface area contributed by atoms with Gasteiger partial charge in [-0.15, -0.1) is 0 Å². The minimum atomic E-state index is -0.619. The van der Waals surface area contributed by atoms with Gasteiger partial charge in [-0.25, -0.2) is 0 Å². The van der Waals surface area contributed by atoms with E-state index >= 15 is 0 Å². The fraction of sp³-hybridized carbons (Fsp3) is 0.133. The number of nitriles is 1. The molecule has 4 nitrogen and oxygen atoms in total. The van der Waals surface area contributed by atoms with Gasteiger partial charge in [-0.3, -0.25) is 0 Å². The summed E-state index contributed by atoms with van der Waals surface area (Å²) in [7, 11) is 0. The lowest BCUT2D eigenvalue weighted by atomic mass is 10.1. The lowest BCUT2D eigenvalue weighted by Crippen LogP contribution is -2.13. The van der Waals surface area contributed by atoms with Gasteiger partial charge >= 0.3 is 0 Å². The maximum Gasteiger partial charge on any atom is 0.0992 e. The Bertz CT molecular complexity index is 590. The first kappa shape index (κ1) is 12.9. The number of hydrogen-bond donors (Lipinski definition) is 3. The van der Waals surface area contributed by atoms with Gasteiger partial charge in [0.1, 0.15) is 0 Å². The van der Waals surface area contributed by atoms with Crippen LogP contribution in [-0.2, 0) is 0 Å². The molecule has 2 aromatic rings. The van der Waals surface area contributed by atoms with Crippen LogP contribution >= 0.6 is 0 Å². The van der Waals surface area contributed by atoms with E-state index in [1.54, 1.807) is 18.2 Å². The molecule has 0 bridgehead atoms. The van der Waals surface area contributed by atoms with Crippen molar-refractivity contribution in [3.05, 3.63) is 59.7 Å². The average molecular weight is 253 g/mol. The molecule has 0 heterocycles. The van der Waals surface area contributed by atoms with Gasteiger partial charge < -0.3 is 16.2 Å². The van der Waals surface area contributed by atoms with Crippen molar-refractivity contribution in [2.75, 3.05) is 17.6 Å². The Morgan fingerprint density at radius 2 is 1.95 bits per heavy atom. The van der Waals surface area contributed by atoms with Crippen molar-refractivity contribution in [3.63, 3.8) is 0 Å². The number of aliphatic hydroxyl groups excluding tert-OH is 1. The summed E-state index contributed by atoms with van der Waals surface area (Å²) in [6.07, 6.45) is -0.619. The smallest absolute Gasteiger partial charge is 0.0992 e. The zero-order valence-electron chi connectivity index (χ0n) is 10.4. The number of rotatable bonds is 4. The maximum absolute atomic E-state index is 10.0. The van der Waals surface area contributed by atoms with E-state index in [4.69, 9.17) is 11.0 Å². The summed E-state index contributed by atoms with van der Waals surface area (Å²) in [6, 6.07) is 16.4. The van der Waals surface area contributed by atoms with Crippen LogP contribution in [0.15, 0.2) is 48.5 Å². The monoisotopic (exact) mass is 253 g/mol. The van der Waals surface area contributed by atoms with E-state index in [-0.39, 0.29) is 0 Å². The summed E-state index contributed by atoms with van der Waals surface area (Å²) >= 11 is 0. The number of nitrogens with zero attached hydrogens (tertiary/aromatic N) is 1. The maximum atomic E-state index is 10.0. The van der Waals surface area contributed by atoms with Crippen LogP contribution in [0.3, 0.4) is 0 Å². The lowest BCUT2D eigenvalue weighted by molar-refractivity contribution is 0.191. The number of nitrogens with two attached hydrogens (primary N) is 1. The van der Waals surface area contributed by atoms with E-state index < -0.39 is 6.10 Å². The van der Waals surface area contributed by atoms with Crippen LogP contribution in [0.4, 0.5) is 11.4 Å². The molecule has 96 valence electrons. The van der Waals surface area contributed by atoms with Gasteiger partial charge in [-0.05, 0) is 23.8 Å². The summed E-state index contributed by atoms with van der Waals surface area (Å²) in [5, 5.41) is 21.9. The number of benzene rings is 2. The van der Waals surface area contributed by atoms with Gasteiger partial charge in [0.2, 0.25) is 0 Å². The molecule has 0 aromatic heterocycles. The highest BCUT2D eigenvalue weighted by atomic mass is 16.3. The molecule has 4 heteroatoms. The van der Waals surface area contributed by atoms with Gasteiger partial charge in [0.25, 0.3) is 0 Å². The number of nitrogen functional groups attached to an aromatic ring is 1. The third-order valence-corrected chi connectivity index (χ3v) is 2.85. The highest BCUT2D eigenvalue weighted by Crippen LogP contribution is 2.21. The van der Waals surface area contributed by atoms with Gasteiger partial charge in [0.15, 0.2) is 0 Å². The summed E-state index contributed by atoms with van der Waals surface area (Å²) in [5.41, 5.74) is 8.40. The molecular weight excluding hydrogens is 238 g/mol. The Hall–Kier alpha value is -2.51. The first-order valence-corrected chi connectivity index (χ1v) is 5.97. The molecule has 0 radical (unpaired) electrons. The van der Waals surface area contributed by atoms with E-state index in [1.807, 2.05) is 30.3 Å². The zero-order valence-corrected chi connectivity index (χ0v) is 10.4. The molecule has 2 aromatic carbocycles. The number of nitrogens with one attached hydrogen (secondary N) is 1. The summed E-state index contributed by atoms with van der Waals surface area (Å²) < 4.78 is 0. The van der Waals surface area contributed by atoms with Gasteiger partial charge in [0, 0.05) is 6.54 Å². The molecule has 0 spiro atoms. The van der Waals surface area contributed by atoms with Crippen molar-refractivity contribution >= 4 is 11.4 Å². The van der Waals surface area contributed by atoms with E-state index in [1.165, 1.54) is 0 Å². The van der Waals surface area contributed by atoms with Crippen molar-refractivity contribution in [2.24, 2.45) is 0 Å². The first-order chi connectivity index (χ1) is 9.20. The van der Waals surface area contributed by atoms with Crippen LogP contribution in [0.5, 0.6) is 0 Å². The highest BCUT2D eigenvalue weighted by molar-refractivity contribution is 5.68. The molecule has 0 amide bonds. The molecule has 1 atom stereocenters. The Morgan fingerprint density at radius 3 is 2.63 bits per heavy atom. The normalized spacial score (nSPS) is 11.6. The van der Waals surface area contributed by atoms with Gasteiger partial charge in [-0.1, -0.05) is 30.3 Å². The zero-order chi connectivity index (χ0) is 13.7. The number of aliphatic hydroxyl groups is 1. The van der Waals surface area contributed by atoms with Crippen molar-refractivity contribution in [1.29, 1.82) is 5.26 Å². The van der Waals surface area contributed by atoms with E-state index in [0.29, 0.717) is 23.5 Å². The second-order valence-electron chi connectivity index (χ2n) is 4.22. The molecule has 1 unspecified atom stereocenters. The highest BCUT2D eigenvalue weighted by Gasteiger charge is 2.08. The lowest BCUT2D eigenvalue weighted by Gasteiger charge is -2.14. The predicted molar refractivity (Wildman–Crippen MR) is 75.5 cm³/mol. The fourth-order valence-corrected chi connectivity index (χ4v) is 1.78. The van der Waals surface area contributed by atoms with Gasteiger partial charge in [-0.2, -0.15) is 5.26 Å². The van der Waals surface area contributed by atoms with Crippen LogP contribution in [0.1, 0.15) is 17.2 Å². The predicted octanol–water partition coefficient (Wildman–Crippen LogP) is 2.29. The van der Waals surface area contributed by atoms with Crippen LogP contribution in [0.25, 0.3) is 0 Å². The van der Waals surface area contributed by atoms with Crippen molar-refractivity contribution < 1.29 is 5.11 Å². The summed E-state index contributed by atoms with van der Waals surface area (Å²) in [4.78, 5) is 0. The molecule has 19 heavy (non-hydrogen) atoms. The second-order valence-corrected chi connectivity index (χ2v) is 4.22. The molecule has 2 rings (SSSR count). The first-order valence-electron chi connectivity index (χ1n) is 5.97. The van der Waals surface area contributed by atoms with Crippen LogP contribution < -0.4 is 11.1 Å². The fourth-order valence-electron chi connectivity index (χ4n) is 1.78. The third-order valence-electron chi connectivity index (χ3n) is 2.85. The molecule has 0 saturated heterocycles. The topological polar surface area (TPSA) is 82.1 Å². The van der Waals surface area contributed by atoms with Crippen LogP contribution in [-0.4, -0.2) is 11.7 Å². The molecule has 0 aliphatic rings. The molecule has 0 aliphatic carbocycles. The molecule has 0 aliphatic heterocycles.